The Bertz CT molecular complexity index is 471. The van der Waals surface area contributed by atoms with Crippen LogP contribution >= 0.6 is 0 Å². The number of aliphatic carboxylic acids is 1. The maximum absolute atomic E-state index is 12.1. The molecule has 1 aromatic rings. The molecule has 7 heteroatoms. The van der Waals surface area contributed by atoms with Crippen molar-refractivity contribution in [2.75, 3.05) is 13.1 Å². The van der Waals surface area contributed by atoms with Gasteiger partial charge in [-0.2, -0.15) is 0 Å². The number of rotatable bonds is 5. The van der Waals surface area contributed by atoms with Crippen molar-refractivity contribution in [1.82, 2.24) is 20.1 Å². The standard InChI is InChI=1S/C12H18N4O3/c1-2-3-9-13-11(15-14-9)12(19)16-5-4-8(7-16)6-10(17)18/h8H,2-7H2,1H3,(H,17,18)(H,13,14,15). The van der Waals surface area contributed by atoms with Gasteiger partial charge in [0.2, 0.25) is 5.82 Å². The predicted molar refractivity (Wildman–Crippen MR) is 66.6 cm³/mol. The lowest BCUT2D eigenvalue weighted by atomic mass is 10.1. The van der Waals surface area contributed by atoms with Gasteiger partial charge in [-0.05, 0) is 18.8 Å². The van der Waals surface area contributed by atoms with Crippen LogP contribution in [0.3, 0.4) is 0 Å². The first-order valence-corrected chi connectivity index (χ1v) is 6.52. The van der Waals surface area contributed by atoms with Crippen LogP contribution in [0.1, 0.15) is 42.6 Å². The maximum Gasteiger partial charge on any atom is 0.303 e. The molecule has 1 aliphatic heterocycles. The summed E-state index contributed by atoms with van der Waals surface area (Å²) in [6, 6.07) is 0. The van der Waals surface area contributed by atoms with Crippen molar-refractivity contribution < 1.29 is 14.7 Å². The van der Waals surface area contributed by atoms with E-state index in [1.165, 1.54) is 0 Å². The van der Waals surface area contributed by atoms with E-state index in [0.29, 0.717) is 18.9 Å². The van der Waals surface area contributed by atoms with E-state index in [0.717, 1.165) is 19.3 Å². The SMILES string of the molecule is CCCc1nc(C(=O)N2CCC(CC(=O)O)C2)n[nH]1. The number of aromatic amines is 1. The summed E-state index contributed by atoms with van der Waals surface area (Å²) >= 11 is 0. The van der Waals surface area contributed by atoms with Crippen molar-refractivity contribution >= 4 is 11.9 Å². The molecule has 0 aromatic carbocycles. The highest BCUT2D eigenvalue weighted by molar-refractivity contribution is 5.90. The van der Waals surface area contributed by atoms with Crippen LogP contribution in [0, 0.1) is 5.92 Å². The first-order valence-electron chi connectivity index (χ1n) is 6.52. The Balaban J connectivity index is 1.94. The van der Waals surface area contributed by atoms with E-state index in [-0.39, 0.29) is 24.1 Å². The number of carboxylic acids is 1. The molecule has 1 fully saturated rings. The van der Waals surface area contributed by atoms with E-state index < -0.39 is 5.97 Å². The number of carbonyl (C=O) groups is 2. The summed E-state index contributed by atoms with van der Waals surface area (Å²) in [5.74, 6) is -0.101. The van der Waals surface area contributed by atoms with Gasteiger partial charge >= 0.3 is 5.97 Å². The number of aryl methyl sites for hydroxylation is 1. The minimum Gasteiger partial charge on any atom is -0.481 e. The van der Waals surface area contributed by atoms with E-state index in [1.807, 2.05) is 6.92 Å². The molecule has 1 unspecified atom stereocenters. The number of hydrogen-bond donors (Lipinski definition) is 2. The number of carbonyl (C=O) groups excluding carboxylic acids is 1. The van der Waals surface area contributed by atoms with Gasteiger partial charge in [0.15, 0.2) is 0 Å². The van der Waals surface area contributed by atoms with Crippen LogP contribution in [0.5, 0.6) is 0 Å². The second-order valence-corrected chi connectivity index (χ2v) is 4.86. The molecule has 0 saturated carbocycles. The molecule has 104 valence electrons. The van der Waals surface area contributed by atoms with Crippen molar-refractivity contribution in [3.63, 3.8) is 0 Å². The number of aromatic nitrogens is 3. The van der Waals surface area contributed by atoms with E-state index in [9.17, 15) is 9.59 Å². The molecular weight excluding hydrogens is 248 g/mol. The van der Waals surface area contributed by atoms with Gasteiger partial charge in [-0.3, -0.25) is 14.7 Å². The largest absolute Gasteiger partial charge is 0.481 e. The Hall–Kier alpha value is -1.92. The molecular formula is C12H18N4O3. The molecule has 2 heterocycles. The Morgan fingerprint density at radius 1 is 1.53 bits per heavy atom. The van der Waals surface area contributed by atoms with Gasteiger partial charge in [-0.1, -0.05) is 6.92 Å². The van der Waals surface area contributed by atoms with E-state index >= 15 is 0 Å². The molecule has 0 radical (unpaired) electrons. The summed E-state index contributed by atoms with van der Waals surface area (Å²) in [5, 5.41) is 15.4. The number of nitrogens with one attached hydrogen (secondary N) is 1. The number of hydrogen-bond acceptors (Lipinski definition) is 4. The molecule has 1 saturated heterocycles. The minimum absolute atomic E-state index is 0.0375. The molecule has 1 aromatic heterocycles. The van der Waals surface area contributed by atoms with Crippen LogP contribution < -0.4 is 0 Å². The highest BCUT2D eigenvalue weighted by Crippen LogP contribution is 2.20. The van der Waals surface area contributed by atoms with Gasteiger partial charge in [0, 0.05) is 25.9 Å². The van der Waals surface area contributed by atoms with Crippen LogP contribution in [-0.2, 0) is 11.2 Å². The van der Waals surface area contributed by atoms with Crippen LogP contribution in [0.15, 0.2) is 0 Å². The molecule has 1 atom stereocenters. The van der Waals surface area contributed by atoms with Gasteiger partial charge in [0.1, 0.15) is 5.82 Å². The topological polar surface area (TPSA) is 99.2 Å². The first-order chi connectivity index (χ1) is 9.10. The van der Waals surface area contributed by atoms with Crippen molar-refractivity contribution in [2.24, 2.45) is 5.92 Å². The lowest BCUT2D eigenvalue weighted by molar-refractivity contribution is -0.138. The summed E-state index contributed by atoms with van der Waals surface area (Å²) in [6.07, 6.45) is 2.54. The zero-order chi connectivity index (χ0) is 13.8. The zero-order valence-corrected chi connectivity index (χ0v) is 10.9. The highest BCUT2D eigenvalue weighted by Gasteiger charge is 2.30. The summed E-state index contributed by atoms with van der Waals surface area (Å²) in [6.45, 7) is 3.08. The molecule has 1 amide bonds. The Morgan fingerprint density at radius 3 is 3.00 bits per heavy atom. The van der Waals surface area contributed by atoms with Crippen molar-refractivity contribution in [3.8, 4) is 0 Å². The fourth-order valence-electron chi connectivity index (χ4n) is 2.31. The van der Waals surface area contributed by atoms with Crippen molar-refractivity contribution in [1.29, 1.82) is 0 Å². The second-order valence-electron chi connectivity index (χ2n) is 4.86. The predicted octanol–water partition coefficient (Wildman–Crippen LogP) is 0.694. The zero-order valence-electron chi connectivity index (χ0n) is 10.9. The summed E-state index contributed by atoms with van der Waals surface area (Å²) in [5.41, 5.74) is 0. The van der Waals surface area contributed by atoms with Gasteiger partial charge < -0.3 is 10.0 Å². The van der Waals surface area contributed by atoms with E-state index in [1.54, 1.807) is 4.90 Å². The van der Waals surface area contributed by atoms with Gasteiger partial charge in [0.05, 0.1) is 0 Å². The lowest BCUT2D eigenvalue weighted by Gasteiger charge is -2.13. The smallest absolute Gasteiger partial charge is 0.303 e. The molecule has 0 aliphatic carbocycles. The molecule has 2 N–H and O–H groups in total. The lowest BCUT2D eigenvalue weighted by Crippen LogP contribution is -2.29. The normalized spacial score (nSPS) is 18.8. The van der Waals surface area contributed by atoms with Gasteiger partial charge in [-0.15, -0.1) is 5.10 Å². The molecule has 1 aliphatic rings. The third kappa shape index (κ3) is 3.30. The van der Waals surface area contributed by atoms with Gasteiger partial charge in [0.25, 0.3) is 5.91 Å². The fraction of sp³-hybridized carbons (Fsp3) is 0.667. The summed E-state index contributed by atoms with van der Waals surface area (Å²) < 4.78 is 0. The number of H-pyrrole nitrogens is 1. The van der Waals surface area contributed by atoms with Crippen LogP contribution in [0.4, 0.5) is 0 Å². The van der Waals surface area contributed by atoms with E-state index in [2.05, 4.69) is 15.2 Å². The third-order valence-electron chi connectivity index (χ3n) is 3.25. The summed E-state index contributed by atoms with van der Waals surface area (Å²) in [4.78, 5) is 28.6. The second kappa shape index (κ2) is 5.81. The monoisotopic (exact) mass is 266 g/mol. The average molecular weight is 266 g/mol. The third-order valence-corrected chi connectivity index (χ3v) is 3.25. The van der Waals surface area contributed by atoms with E-state index in [4.69, 9.17) is 5.11 Å². The Morgan fingerprint density at radius 2 is 2.32 bits per heavy atom. The molecule has 19 heavy (non-hydrogen) atoms. The highest BCUT2D eigenvalue weighted by atomic mass is 16.4. The summed E-state index contributed by atoms with van der Waals surface area (Å²) in [7, 11) is 0. The van der Waals surface area contributed by atoms with Crippen molar-refractivity contribution in [2.45, 2.75) is 32.6 Å². The van der Waals surface area contributed by atoms with Crippen LogP contribution in [-0.4, -0.2) is 50.2 Å². The number of likely N-dealkylation sites (tertiary alicyclic amines) is 1. The average Bonchev–Trinajstić information content (AvgIpc) is 2.97. The molecule has 0 spiro atoms. The molecule has 2 rings (SSSR count). The van der Waals surface area contributed by atoms with Gasteiger partial charge in [-0.25, -0.2) is 4.98 Å². The quantitative estimate of drug-likeness (QED) is 0.817. The number of carboxylic acid groups (broad SMARTS) is 1. The van der Waals surface area contributed by atoms with Crippen LogP contribution in [0.2, 0.25) is 0 Å². The minimum atomic E-state index is -0.817. The fourth-order valence-corrected chi connectivity index (χ4v) is 2.31. The molecule has 0 bridgehead atoms. The molecule has 7 nitrogen and oxygen atoms in total. The number of amides is 1. The van der Waals surface area contributed by atoms with Crippen LogP contribution in [0.25, 0.3) is 0 Å². The maximum atomic E-state index is 12.1. The Labute approximate surface area is 111 Å². The first kappa shape index (κ1) is 13.5. The number of nitrogens with zero attached hydrogens (tertiary/aromatic N) is 3. The Kier molecular flexibility index (Phi) is 4.13. The van der Waals surface area contributed by atoms with Crippen molar-refractivity contribution in [3.05, 3.63) is 11.6 Å².